The van der Waals surface area contributed by atoms with E-state index in [1.807, 2.05) is 66.7 Å². The molecule has 0 saturated heterocycles. The highest BCUT2D eigenvalue weighted by Gasteiger charge is 2.09. The van der Waals surface area contributed by atoms with Gasteiger partial charge in [-0.2, -0.15) is 0 Å². The third-order valence-electron chi connectivity index (χ3n) is 5.03. The summed E-state index contributed by atoms with van der Waals surface area (Å²) < 4.78 is 5.06. The molecule has 0 aromatic heterocycles. The molecule has 3 aromatic rings. The van der Waals surface area contributed by atoms with Crippen LogP contribution < -0.4 is 27.7 Å². The van der Waals surface area contributed by atoms with Crippen LogP contribution in [0, 0.1) is 0 Å². The Hall–Kier alpha value is -4.09. The average molecular weight is 541 g/mol. The Morgan fingerprint density at radius 2 is 1.38 bits per heavy atom. The summed E-state index contributed by atoms with van der Waals surface area (Å²) in [6.45, 7) is 0.857. The minimum Gasteiger partial charge on any atom is -0.496 e. The summed E-state index contributed by atoms with van der Waals surface area (Å²) in [4.78, 5) is 29.8. The van der Waals surface area contributed by atoms with E-state index in [9.17, 15) is 14.4 Å². The Labute approximate surface area is 229 Å². The number of methoxy groups -OCH3 is 1. The van der Waals surface area contributed by atoms with Crippen molar-refractivity contribution in [2.75, 3.05) is 20.2 Å². The molecule has 0 bridgehead atoms. The first-order chi connectivity index (χ1) is 18.7. The highest BCUT2D eigenvalue weighted by molar-refractivity contribution is 5.76. The Balaban J connectivity index is 0.000000522. The fraction of sp³-hybridized carbons (Fsp3) is 0.276. The van der Waals surface area contributed by atoms with Gasteiger partial charge in [-0.05, 0) is 36.6 Å². The summed E-state index contributed by atoms with van der Waals surface area (Å²) in [6, 6.07) is 24.7. The van der Waals surface area contributed by atoms with Crippen molar-refractivity contribution in [2.24, 2.45) is 22.9 Å². The van der Waals surface area contributed by atoms with Crippen molar-refractivity contribution in [1.29, 1.82) is 0 Å². The maximum atomic E-state index is 10.5. The number of hydrogen-bond acceptors (Lipinski definition) is 8. The summed E-state index contributed by atoms with van der Waals surface area (Å²) in [5.41, 5.74) is 24.5. The quantitative estimate of drug-likeness (QED) is 0.164. The number of carboxylic acid groups (broad SMARTS) is 2. The van der Waals surface area contributed by atoms with E-state index in [4.69, 9.17) is 32.2 Å². The fourth-order valence-electron chi connectivity index (χ4n) is 2.89. The smallest absolute Gasteiger partial charge is 0.320 e. The van der Waals surface area contributed by atoms with Gasteiger partial charge in [0.2, 0.25) is 0 Å². The van der Waals surface area contributed by atoms with Gasteiger partial charge in [0.25, 0.3) is 0 Å². The van der Waals surface area contributed by atoms with Crippen LogP contribution in [-0.4, -0.2) is 54.7 Å². The first-order valence-corrected chi connectivity index (χ1v) is 12.3. The summed E-state index contributed by atoms with van der Waals surface area (Å²) in [5.74, 6) is -1.04. The van der Waals surface area contributed by atoms with Gasteiger partial charge < -0.3 is 37.9 Å². The number of hydrogen-bond donors (Lipinski definition) is 6. The number of carbonyl (C=O) groups excluding carboxylic acids is 1. The lowest BCUT2D eigenvalue weighted by Gasteiger charge is -2.03. The standard InChI is InChI=1S/C13H10O.C8H11NO.C6H14N2O2.C2H5NO2/c14-10-11-6-8-13(9-7-11)12-4-2-1-3-5-12;1-10-8-5-3-2-4-7(8)6-9;7-4-2-1-3-5(8)6(9)10;3-1-2(4)5/h1-10H;2-5H,6,9H2,1H3;5H,1-4,7-8H2,(H,9,10);1,3H2,(H,4,5)/t;;5-;/m..1./s1. The molecule has 0 amide bonds. The molecular weight excluding hydrogens is 500 g/mol. The van der Waals surface area contributed by atoms with Crippen LogP contribution in [0.3, 0.4) is 0 Å². The lowest BCUT2D eigenvalue weighted by Crippen LogP contribution is -2.29. The van der Waals surface area contributed by atoms with E-state index in [0.717, 1.165) is 36.0 Å². The number of rotatable bonds is 10. The third-order valence-corrected chi connectivity index (χ3v) is 5.03. The molecular formula is C29H40N4O6. The second kappa shape index (κ2) is 21.9. The molecule has 0 unspecified atom stereocenters. The minimum absolute atomic E-state index is 0.278. The van der Waals surface area contributed by atoms with Crippen molar-refractivity contribution >= 4 is 18.2 Å². The van der Waals surface area contributed by atoms with Crippen LogP contribution in [0.5, 0.6) is 5.75 Å². The number of carboxylic acids is 2. The molecule has 0 radical (unpaired) electrons. The normalized spacial score (nSPS) is 10.2. The van der Waals surface area contributed by atoms with Crippen LogP contribution in [0.2, 0.25) is 0 Å². The van der Waals surface area contributed by atoms with Gasteiger partial charge in [0.1, 0.15) is 18.1 Å². The van der Waals surface area contributed by atoms with E-state index >= 15 is 0 Å². The highest BCUT2D eigenvalue weighted by atomic mass is 16.5. The number of carbonyl (C=O) groups is 3. The number of benzene rings is 3. The molecule has 0 saturated carbocycles. The second-order valence-electron chi connectivity index (χ2n) is 7.95. The largest absolute Gasteiger partial charge is 0.496 e. The van der Waals surface area contributed by atoms with Gasteiger partial charge >= 0.3 is 11.9 Å². The molecule has 0 fully saturated rings. The van der Waals surface area contributed by atoms with Crippen molar-refractivity contribution in [3.63, 3.8) is 0 Å². The predicted octanol–water partition coefficient (Wildman–Crippen LogP) is 2.88. The summed E-state index contributed by atoms with van der Waals surface area (Å²) in [5, 5.41) is 15.9. The van der Waals surface area contributed by atoms with Crippen LogP contribution in [0.4, 0.5) is 0 Å². The molecule has 3 aromatic carbocycles. The summed E-state index contributed by atoms with van der Waals surface area (Å²) in [7, 11) is 1.65. The summed E-state index contributed by atoms with van der Waals surface area (Å²) >= 11 is 0. The summed E-state index contributed by atoms with van der Waals surface area (Å²) in [6.07, 6.45) is 3.02. The number of ether oxygens (including phenoxy) is 1. The van der Waals surface area contributed by atoms with Gasteiger partial charge in [-0.3, -0.25) is 14.4 Å². The molecule has 0 heterocycles. The van der Waals surface area contributed by atoms with E-state index in [2.05, 4.69) is 17.9 Å². The Morgan fingerprint density at radius 3 is 1.82 bits per heavy atom. The number of unbranched alkanes of at least 4 members (excludes halogenated alkanes) is 1. The molecule has 0 aliphatic carbocycles. The second-order valence-corrected chi connectivity index (χ2v) is 7.95. The monoisotopic (exact) mass is 540 g/mol. The third kappa shape index (κ3) is 16.4. The molecule has 0 aliphatic heterocycles. The van der Waals surface area contributed by atoms with Crippen LogP contribution in [0.1, 0.15) is 35.2 Å². The van der Waals surface area contributed by atoms with Gasteiger partial charge in [0.05, 0.1) is 13.7 Å². The van der Waals surface area contributed by atoms with Crippen molar-refractivity contribution < 1.29 is 29.3 Å². The zero-order valence-corrected chi connectivity index (χ0v) is 22.2. The first kappa shape index (κ1) is 34.9. The fourth-order valence-corrected chi connectivity index (χ4v) is 2.89. The predicted molar refractivity (Wildman–Crippen MR) is 153 cm³/mol. The van der Waals surface area contributed by atoms with Gasteiger partial charge in [0.15, 0.2) is 0 Å². The lowest BCUT2D eigenvalue weighted by molar-refractivity contribution is -0.138. The molecule has 0 spiro atoms. The molecule has 3 rings (SSSR count). The molecule has 10 heteroatoms. The molecule has 10 N–H and O–H groups in total. The van der Waals surface area contributed by atoms with Crippen LogP contribution in [0.15, 0.2) is 78.9 Å². The maximum absolute atomic E-state index is 10.5. The SMILES string of the molecule is COc1ccccc1CN.NCC(=O)O.NCCCC[C@@H](N)C(=O)O.O=Cc1ccc(-c2ccccc2)cc1. The van der Waals surface area contributed by atoms with E-state index in [1.54, 1.807) is 7.11 Å². The van der Waals surface area contributed by atoms with Gasteiger partial charge in [0, 0.05) is 17.7 Å². The lowest BCUT2D eigenvalue weighted by atomic mass is 10.0. The number of aliphatic carboxylic acids is 2. The van der Waals surface area contributed by atoms with Crippen LogP contribution in [-0.2, 0) is 16.1 Å². The van der Waals surface area contributed by atoms with Crippen molar-refractivity contribution in [3.05, 3.63) is 90.0 Å². The zero-order valence-electron chi connectivity index (χ0n) is 22.2. The Kier molecular flexibility index (Phi) is 19.6. The molecule has 1 atom stereocenters. The zero-order chi connectivity index (χ0) is 29.5. The molecule has 39 heavy (non-hydrogen) atoms. The van der Waals surface area contributed by atoms with Crippen LogP contribution >= 0.6 is 0 Å². The van der Waals surface area contributed by atoms with E-state index < -0.39 is 18.0 Å². The van der Waals surface area contributed by atoms with Crippen LogP contribution in [0.25, 0.3) is 11.1 Å². The van der Waals surface area contributed by atoms with Crippen molar-refractivity contribution in [1.82, 2.24) is 0 Å². The number of aldehydes is 1. The van der Waals surface area contributed by atoms with Gasteiger partial charge in [-0.1, -0.05) is 79.2 Å². The van der Waals surface area contributed by atoms with Crippen molar-refractivity contribution in [3.8, 4) is 16.9 Å². The topological polar surface area (TPSA) is 205 Å². The average Bonchev–Trinajstić information content (AvgIpc) is 2.98. The minimum atomic E-state index is -0.968. The molecule has 0 aliphatic rings. The Morgan fingerprint density at radius 1 is 0.846 bits per heavy atom. The highest BCUT2D eigenvalue weighted by Crippen LogP contribution is 2.18. The van der Waals surface area contributed by atoms with E-state index in [-0.39, 0.29) is 6.54 Å². The molecule has 212 valence electrons. The number of para-hydroxylation sites is 1. The van der Waals surface area contributed by atoms with Gasteiger partial charge in [-0.25, -0.2) is 0 Å². The first-order valence-electron chi connectivity index (χ1n) is 12.3. The number of nitrogens with two attached hydrogens (primary N) is 4. The van der Waals surface area contributed by atoms with Crippen molar-refractivity contribution in [2.45, 2.75) is 31.8 Å². The van der Waals surface area contributed by atoms with E-state index in [0.29, 0.717) is 25.1 Å². The molecule has 10 nitrogen and oxygen atoms in total. The Bertz CT molecular complexity index is 1060. The van der Waals surface area contributed by atoms with Gasteiger partial charge in [-0.15, -0.1) is 0 Å². The maximum Gasteiger partial charge on any atom is 0.320 e. The van der Waals surface area contributed by atoms with E-state index in [1.165, 1.54) is 5.56 Å².